The molecular formula is C20H29NO2. The average Bonchev–Trinajstić information content (AvgIpc) is 2.59. The molecule has 126 valence electrons. The van der Waals surface area contributed by atoms with E-state index < -0.39 is 6.09 Å². The molecule has 0 saturated heterocycles. The zero-order valence-corrected chi connectivity index (χ0v) is 14.2. The molecule has 3 nitrogen and oxygen atoms in total. The molecule has 1 N–H and O–H groups in total. The first-order valence-corrected chi connectivity index (χ1v) is 8.59. The molecule has 0 atom stereocenters. The molecular weight excluding hydrogens is 286 g/mol. The number of hydrogen-bond donors (Lipinski definition) is 1. The van der Waals surface area contributed by atoms with Gasteiger partial charge in [0, 0.05) is 6.54 Å². The highest BCUT2D eigenvalue weighted by atomic mass is 16.5. The number of benzene rings is 1. The molecule has 0 fully saturated rings. The molecule has 0 spiro atoms. The van der Waals surface area contributed by atoms with Crippen molar-refractivity contribution in [2.24, 2.45) is 0 Å². The fourth-order valence-electron chi connectivity index (χ4n) is 2.12. The molecule has 1 aromatic carbocycles. The minimum atomic E-state index is -0.390. The Bertz CT molecular complexity index is 466. The third-order valence-corrected chi connectivity index (χ3v) is 3.45. The summed E-state index contributed by atoms with van der Waals surface area (Å²) in [6.07, 6.45) is 15.2. The van der Waals surface area contributed by atoms with Gasteiger partial charge in [0.05, 0.1) is 0 Å². The van der Waals surface area contributed by atoms with Crippen molar-refractivity contribution in [2.45, 2.75) is 52.0 Å². The van der Waals surface area contributed by atoms with E-state index in [-0.39, 0.29) is 0 Å². The smallest absolute Gasteiger partial charge is 0.407 e. The highest BCUT2D eigenvalue weighted by Gasteiger charge is 1.99. The Morgan fingerprint density at radius 2 is 1.78 bits per heavy atom. The van der Waals surface area contributed by atoms with Crippen LogP contribution >= 0.6 is 0 Å². The Kier molecular flexibility index (Phi) is 11.3. The van der Waals surface area contributed by atoms with E-state index in [1.807, 2.05) is 48.6 Å². The maximum absolute atomic E-state index is 11.5. The van der Waals surface area contributed by atoms with Gasteiger partial charge in [-0.2, -0.15) is 0 Å². The zero-order valence-electron chi connectivity index (χ0n) is 14.2. The van der Waals surface area contributed by atoms with Gasteiger partial charge in [-0.05, 0) is 24.5 Å². The predicted molar refractivity (Wildman–Crippen MR) is 96.3 cm³/mol. The molecule has 0 saturated carbocycles. The summed E-state index contributed by atoms with van der Waals surface area (Å²) in [6.45, 7) is 3.01. The second kappa shape index (κ2) is 13.6. The van der Waals surface area contributed by atoms with Crippen LogP contribution in [0, 0.1) is 0 Å². The molecule has 0 unspecified atom stereocenters. The zero-order chi connectivity index (χ0) is 16.6. The Balaban J connectivity index is 1.99. The molecule has 0 radical (unpaired) electrons. The van der Waals surface area contributed by atoms with Gasteiger partial charge in [0.2, 0.25) is 0 Å². The van der Waals surface area contributed by atoms with Crippen LogP contribution in [0.25, 0.3) is 0 Å². The first-order valence-electron chi connectivity index (χ1n) is 8.59. The van der Waals surface area contributed by atoms with Gasteiger partial charge < -0.3 is 10.1 Å². The van der Waals surface area contributed by atoms with Gasteiger partial charge in [0.25, 0.3) is 0 Å². The van der Waals surface area contributed by atoms with E-state index in [0.717, 1.165) is 12.0 Å². The third kappa shape index (κ3) is 11.2. The van der Waals surface area contributed by atoms with Crippen LogP contribution in [0.15, 0.2) is 54.6 Å². The number of carbonyl (C=O) groups is 1. The fourth-order valence-corrected chi connectivity index (χ4v) is 2.12. The number of allylic oxidation sites excluding steroid dienone is 3. The van der Waals surface area contributed by atoms with Crippen molar-refractivity contribution in [2.75, 3.05) is 6.61 Å². The SMILES string of the molecule is CCCCCCCC=CC=CCOC(=O)NCc1ccccc1. The number of alkyl carbamates (subject to hydrolysis) is 1. The second-order valence-electron chi connectivity index (χ2n) is 5.50. The summed E-state index contributed by atoms with van der Waals surface area (Å²) in [5.41, 5.74) is 1.06. The maximum atomic E-state index is 11.5. The number of rotatable bonds is 11. The lowest BCUT2D eigenvalue weighted by Gasteiger charge is -2.04. The molecule has 1 amide bonds. The van der Waals surface area contributed by atoms with Crippen LogP contribution in [0.1, 0.15) is 51.0 Å². The van der Waals surface area contributed by atoms with Crippen LogP contribution < -0.4 is 5.32 Å². The number of nitrogens with one attached hydrogen (secondary N) is 1. The Labute approximate surface area is 140 Å². The van der Waals surface area contributed by atoms with Crippen molar-refractivity contribution in [1.29, 1.82) is 0 Å². The summed E-state index contributed by atoms with van der Waals surface area (Å²) in [7, 11) is 0. The lowest BCUT2D eigenvalue weighted by Crippen LogP contribution is -2.23. The summed E-state index contributed by atoms with van der Waals surface area (Å²) >= 11 is 0. The van der Waals surface area contributed by atoms with Crippen molar-refractivity contribution in [1.82, 2.24) is 5.32 Å². The van der Waals surface area contributed by atoms with E-state index in [0.29, 0.717) is 13.2 Å². The van der Waals surface area contributed by atoms with Gasteiger partial charge in [-0.1, -0.05) is 81.2 Å². The van der Waals surface area contributed by atoms with E-state index >= 15 is 0 Å². The lowest BCUT2D eigenvalue weighted by molar-refractivity contribution is 0.157. The topological polar surface area (TPSA) is 38.3 Å². The van der Waals surface area contributed by atoms with Gasteiger partial charge in [-0.15, -0.1) is 0 Å². The summed E-state index contributed by atoms with van der Waals surface area (Å²) in [5.74, 6) is 0. The monoisotopic (exact) mass is 315 g/mol. The van der Waals surface area contributed by atoms with E-state index in [1.54, 1.807) is 0 Å². The van der Waals surface area contributed by atoms with Gasteiger partial charge in [0.1, 0.15) is 6.61 Å². The minimum absolute atomic E-state index is 0.293. The third-order valence-electron chi connectivity index (χ3n) is 3.45. The second-order valence-corrected chi connectivity index (χ2v) is 5.50. The molecule has 0 bridgehead atoms. The van der Waals surface area contributed by atoms with E-state index in [9.17, 15) is 4.79 Å². The van der Waals surface area contributed by atoms with Crippen molar-refractivity contribution >= 4 is 6.09 Å². The van der Waals surface area contributed by atoms with Crippen molar-refractivity contribution in [3.8, 4) is 0 Å². The largest absolute Gasteiger partial charge is 0.445 e. The minimum Gasteiger partial charge on any atom is -0.445 e. The molecule has 1 aromatic rings. The Morgan fingerprint density at radius 3 is 2.57 bits per heavy atom. The quantitative estimate of drug-likeness (QED) is 0.439. The summed E-state index contributed by atoms with van der Waals surface area (Å²) in [6, 6.07) is 9.77. The van der Waals surface area contributed by atoms with Gasteiger partial charge in [-0.25, -0.2) is 4.79 Å². The summed E-state index contributed by atoms with van der Waals surface area (Å²) < 4.78 is 5.07. The van der Waals surface area contributed by atoms with Crippen molar-refractivity contribution in [3.05, 3.63) is 60.2 Å². The molecule has 0 aliphatic carbocycles. The molecule has 23 heavy (non-hydrogen) atoms. The van der Waals surface area contributed by atoms with Crippen molar-refractivity contribution < 1.29 is 9.53 Å². The van der Waals surface area contributed by atoms with Crippen LogP contribution in [-0.4, -0.2) is 12.7 Å². The molecule has 0 aliphatic rings. The van der Waals surface area contributed by atoms with Crippen LogP contribution in [0.5, 0.6) is 0 Å². The Hall–Kier alpha value is -2.03. The van der Waals surface area contributed by atoms with E-state index in [1.165, 1.54) is 32.1 Å². The van der Waals surface area contributed by atoms with Crippen LogP contribution in [0.4, 0.5) is 4.79 Å². The van der Waals surface area contributed by atoms with Gasteiger partial charge >= 0.3 is 6.09 Å². The fraction of sp³-hybridized carbons (Fsp3) is 0.450. The normalized spacial score (nSPS) is 11.2. The van der Waals surface area contributed by atoms with Gasteiger partial charge in [-0.3, -0.25) is 0 Å². The van der Waals surface area contributed by atoms with E-state index in [2.05, 4.69) is 18.3 Å². The standard InChI is InChI=1S/C20H29NO2/c1-2-3-4-5-6-7-8-9-10-14-17-23-20(22)21-18-19-15-12-11-13-16-19/h8-16H,2-7,17-18H2,1H3,(H,21,22). The predicted octanol–water partition coefficient (Wildman–Crippen LogP) is 5.39. The first-order chi connectivity index (χ1) is 11.3. The highest BCUT2D eigenvalue weighted by Crippen LogP contribution is 2.05. The van der Waals surface area contributed by atoms with Crippen LogP contribution in [0.3, 0.4) is 0 Å². The maximum Gasteiger partial charge on any atom is 0.407 e. The molecule has 0 heterocycles. The summed E-state index contributed by atoms with van der Waals surface area (Å²) in [5, 5.41) is 2.72. The number of hydrogen-bond acceptors (Lipinski definition) is 2. The number of amides is 1. The molecule has 1 rings (SSSR count). The molecule has 3 heteroatoms. The molecule has 0 aliphatic heterocycles. The van der Waals surface area contributed by atoms with E-state index in [4.69, 9.17) is 4.74 Å². The number of unbranched alkanes of at least 4 members (excludes halogenated alkanes) is 5. The lowest BCUT2D eigenvalue weighted by atomic mass is 10.1. The average molecular weight is 315 g/mol. The Morgan fingerprint density at radius 1 is 1.04 bits per heavy atom. The van der Waals surface area contributed by atoms with Crippen molar-refractivity contribution in [3.63, 3.8) is 0 Å². The highest BCUT2D eigenvalue weighted by molar-refractivity contribution is 5.67. The number of carbonyl (C=O) groups excluding carboxylic acids is 1. The van der Waals surface area contributed by atoms with Crippen LogP contribution in [-0.2, 0) is 11.3 Å². The number of ether oxygens (including phenoxy) is 1. The van der Waals surface area contributed by atoms with Crippen LogP contribution in [0.2, 0.25) is 0 Å². The molecule has 0 aromatic heterocycles. The van der Waals surface area contributed by atoms with Gasteiger partial charge in [0.15, 0.2) is 0 Å². The first kappa shape index (κ1) is 19.0. The summed E-state index contributed by atoms with van der Waals surface area (Å²) in [4.78, 5) is 11.5.